The summed E-state index contributed by atoms with van der Waals surface area (Å²) in [6, 6.07) is 8.07. The van der Waals surface area contributed by atoms with Crippen molar-refractivity contribution in [2.45, 2.75) is 24.2 Å². The highest BCUT2D eigenvalue weighted by atomic mass is 32.2. The average Bonchev–Trinajstić information content (AvgIpc) is 3.22. The van der Waals surface area contributed by atoms with Gasteiger partial charge in [-0.2, -0.15) is 4.31 Å². The number of hydrogen-bond acceptors (Lipinski definition) is 6. The molecule has 0 radical (unpaired) electrons. The van der Waals surface area contributed by atoms with Crippen LogP contribution in [0.3, 0.4) is 0 Å². The van der Waals surface area contributed by atoms with Gasteiger partial charge in [-0.25, -0.2) is 17.2 Å². The van der Waals surface area contributed by atoms with Gasteiger partial charge in [-0.05, 0) is 49.2 Å². The standard InChI is InChI=1S/C20H18F2N4O4S/c21-14-6-9-16(17(22)12-14)19-24-25-20(30-19)23-18(27)13-4-7-15(8-5-13)31(28,29)26-10-2-1-3-11-26/h4-9,12H,1-3,10-11H2,(H,23,25,27). The monoisotopic (exact) mass is 448 g/mol. The van der Waals surface area contributed by atoms with Crippen molar-refractivity contribution < 1.29 is 26.4 Å². The maximum atomic E-state index is 13.8. The van der Waals surface area contributed by atoms with E-state index in [9.17, 15) is 22.0 Å². The molecule has 11 heteroatoms. The molecule has 2 heterocycles. The largest absolute Gasteiger partial charge is 0.403 e. The Balaban J connectivity index is 1.46. The third-order valence-corrected chi connectivity index (χ3v) is 6.79. The van der Waals surface area contributed by atoms with E-state index >= 15 is 0 Å². The Bertz CT molecular complexity index is 1210. The first-order valence-electron chi connectivity index (χ1n) is 9.55. The number of aromatic nitrogens is 2. The van der Waals surface area contributed by atoms with E-state index in [1.807, 2.05) is 0 Å². The Hall–Kier alpha value is -3.18. The van der Waals surface area contributed by atoms with E-state index in [0.717, 1.165) is 31.4 Å². The summed E-state index contributed by atoms with van der Waals surface area (Å²) in [6.45, 7) is 0.970. The van der Waals surface area contributed by atoms with Crippen LogP contribution >= 0.6 is 0 Å². The number of nitrogens with one attached hydrogen (secondary N) is 1. The molecule has 0 atom stereocenters. The van der Waals surface area contributed by atoms with Gasteiger partial charge < -0.3 is 4.42 Å². The molecule has 0 bridgehead atoms. The van der Waals surface area contributed by atoms with Crippen molar-refractivity contribution in [3.63, 3.8) is 0 Å². The number of amides is 1. The molecule has 3 aromatic rings. The highest BCUT2D eigenvalue weighted by molar-refractivity contribution is 7.89. The first kappa shape index (κ1) is 21.1. The van der Waals surface area contributed by atoms with Crippen molar-refractivity contribution >= 4 is 21.9 Å². The summed E-state index contributed by atoms with van der Waals surface area (Å²) in [5.41, 5.74) is 0.0620. The number of piperidine rings is 1. The molecule has 1 fully saturated rings. The molecule has 0 aliphatic carbocycles. The second-order valence-electron chi connectivity index (χ2n) is 6.98. The summed E-state index contributed by atoms with van der Waals surface area (Å²) in [6.07, 6.45) is 2.66. The number of benzene rings is 2. The lowest BCUT2D eigenvalue weighted by Crippen LogP contribution is -2.35. The van der Waals surface area contributed by atoms with Crippen LogP contribution in [0.2, 0.25) is 0 Å². The van der Waals surface area contributed by atoms with Crippen molar-refractivity contribution in [2.24, 2.45) is 0 Å². The van der Waals surface area contributed by atoms with Crippen LogP contribution in [0.1, 0.15) is 29.6 Å². The van der Waals surface area contributed by atoms with Gasteiger partial charge in [0.05, 0.1) is 10.5 Å². The third kappa shape index (κ3) is 4.47. The molecular weight excluding hydrogens is 430 g/mol. The molecule has 2 aromatic carbocycles. The number of nitrogens with zero attached hydrogens (tertiary/aromatic N) is 3. The molecule has 1 amide bonds. The van der Waals surface area contributed by atoms with Gasteiger partial charge in [0.2, 0.25) is 10.0 Å². The van der Waals surface area contributed by atoms with Crippen LogP contribution in [0, 0.1) is 11.6 Å². The molecule has 8 nitrogen and oxygen atoms in total. The Morgan fingerprint density at radius 3 is 2.39 bits per heavy atom. The van der Waals surface area contributed by atoms with E-state index in [4.69, 9.17) is 4.42 Å². The highest BCUT2D eigenvalue weighted by Gasteiger charge is 2.26. The summed E-state index contributed by atoms with van der Waals surface area (Å²) in [7, 11) is -3.60. The molecule has 1 aliphatic heterocycles. The number of anilines is 1. The summed E-state index contributed by atoms with van der Waals surface area (Å²) in [5.74, 6) is -2.47. The van der Waals surface area contributed by atoms with Crippen molar-refractivity contribution in [2.75, 3.05) is 18.4 Å². The second kappa shape index (κ2) is 8.52. The number of sulfonamides is 1. The van der Waals surface area contributed by atoms with Crippen molar-refractivity contribution in [3.8, 4) is 11.5 Å². The van der Waals surface area contributed by atoms with Gasteiger partial charge in [0.15, 0.2) is 0 Å². The van der Waals surface area contributed by atoms with Gasteiger partial charge >= 0.3 is 6.01 Å². The summed E-state index contributed by atoms with van der Waals surface area (Å²) in [4.78, 5) is 12.5. The molecule has 31 heavy (non-hydrogen) atoms. The topological polar surface area (TPSA) is 105 Å². The molecule has 162 valence electrons. The maximum Gasteiger partial charge on any atom is 0.322 e. The Labute approximate surface area is 176 Å². The quantitative estimate of drug-likeness (QED) is 0.641. The van der Waals surface area contributed by atoms with Crippen LogP contribution in [0.4, 0.5) is 14.8 Å². The molecule has 0 unspecified atom stereocenters. The van der Waals surface area contributed by atoms with Gasteiger partial charge in [-0.15, -0.1) is 5.10 Å². The third-order valence-electron chi connectivity index (χ3n) is 4.88. The predicted molar refractivity (Wildman–Crippen MR) is 107 cm³/mol. The number of carbonyl (C=O) groups excluding carboxylic acids is 1. The zero-order valence-corrected chi connectivity index (χ0v) is 17.0. The molecule has 1 aromatic heterocycles. The molecule has 1 aliphatic rings. The van der Waals surface area contributed by atoms with E-state index < -0.39 is 27.6 Å². The number of hydrogen-bond donors (Lipinski definition) is 1. The first-order chi connectivity index (χ1) is 14.8. The SMILES string of the molecule is O=C(Nc1nnc(-c2ccc(F)cc2F)o1)c1ccc(S(=O)(=O)N2CCCCC2)cc1. The van der Waals surface area contributed by atoms with E-state index in [1.54, 1.807) is 0 Å². The van der Waals surface area contributed by atoms with Gasteiger partial charge in [0.1, 0.15) is 11.6 Å². The van der Waals surface area contributed by atoms with E-state index in [0.29, 0.717) is 19.2 Å². The second-order valence-corrected chi connectivity index (χ2v) is 8.92. The fourth-order valence-corrected chi connectivity index (χ4v) is 4.76. The maximum absolute atomic E-state index is 13.8. The van der Waals surface area contributed by atoms with Crippen molar-refractivity contribution in [1.29, 1.82) is 0 Å². The summed E-state index contributed by atoms with van der Waals surface area (Å²) >= 11 is 0. The Kier molecular flexibility index (Phi) is 5.79. The van der Waals surface area contributed by atoms with Crippen LogP contribution in [-0.2, 0) is 10.0 Å². The van der Waals surface area contributed by atoms with Crippen LogP contribution < -0.4 is 5.32 Å². The lowest BCUT2D eigenvalue weighted by atomic mass is 10.2. The van der Waals surface area contributed by atoms with Gasteiger partial charge in [0, 0.05) is 24.7 Å². The lowest BCUT2D eigenvalue weighted by Gasteiger charge is -2.25. The average molecular weight is 448 g/mol. The van der Waals surface area contributed by atoms with Crippen LogP contribution in [0.15, 0.2) is 51.8 Å². The molecule has 1 N–H and O–H groups in total. The Morgan fingerprint density at radius 2 is 1.71 bits per heavy atom. The number of rotatable bonds is 5. The van der Waals surface area contributed by atoms with Gasteiger partial charge in [-0.1, -0.05) is 11.5 Å². The number of halogens is 2. The normalized spacial score (nSPS) is 15.0. The Morgan fingerprint density at radius 1 is 1.00 bits per heavy atom. The van der Waals surface area contributed by atoms with E-state index in [1.165, 1.54) is 28.6 Å². The number of carbonyl (C=O) groups is 1. The lowest BCUT2D eigenvalue weighted by molar-refractivity contribution is 0.102. The van der Waals surface area contributed by atoms with Gasteiger partial charge in [0.25, 0.3) is 11.8 Å². The summed E-state index contributed by atoms with van der Waals surface area (Å²) < 4.78 is 58.9. The molecule has 0 spiro atoms. The van der Waals surface area contributed by atoms with E-state index in [2.05, 4.69) is 15.5 Å². The molecule has 1 saturated heterocycles. The van der Waals surface area contributed by atoms with E-state index in [-0.39, 0.29) is 27.9 Å². The molecule has 0 saturated carbocycles. The fraction of sp³-hybridized carbons (Fsp3) is 0.250. The zero-order valence-electron chi connectivity index (χ0n) is 16.2. The predicted octanol–water partition coefficient (Wildman–Crippen LogP) is 3.44. The smallest absolute Gasteiger partial charge is 0.322 e. The molecular formula is C20H18F2N4O4S. The fourth-order valence-electron chi connectivity index (χ4n) is 3.25. The highest BCUT2D eigenvalue weighted by Crippen LogP contribution is 2.24. The van der Waals surface area contributed by atoms with Crippen LogP contribution in [0.25, 0.3) is 11.5 Å². The first-order valence-corrected chi connectivity index (χ1v) is 11.0. The van der Waals surface area contributed by atoms with Crippen LogP contribution in [0.5, 0.6) is 0 Å². The minimum Gasteiger partial charge on any atom is -0.403 e. The minimum atomic E-state index is -3.60. The van der Waals surface area contributed by atoms with Crippen LogP contribution in [-0.4, -0.2) is 41.9 Å². The van der Waals surface area contributed by atoms with Crippen molar-refractivity contribution in [3.05, 3.63) is 59.7 Å². The zero-order chi connectivity index (χ0) is 22.0. The minimum absolute atomic E-state index is 0.109. The summed E-state index contributed by atoms with van der Waals surface area (Å²) in [5, 5.41) is 9.64. The molecule has 4 rings (SSSR count). The van der Waals surface area contributed by atoms with Crippen molar-refractivity contribution in [1.82, 2.24) is 14.5 Å². The van der Waals surface area contributed by atoms with Gasteiger partial charge in [-0.3, -0.25) is 10.1 Å².